The number of amides is 2. The van der Waals surface area contributed by atoms with Crippen LogP contribution in [0, 0.1) is 5.82 Å². The summed E-state index contributed by atoms with van der Waals surface area (Å²) in [5.74, 6) is 0.0809. The Hall–Kier alpha value is -1.86. The Morgan fingerprint density at radius 1 is 1.19 bits per heavy atom. The van der Waals surface area contributed by atoms with E-state index in [1.807, 2.05) is 24.3 Å². The molecule has 2 aromatic carbocycles. The zero-order valence-electron chi connectivity index (χ0n) is 17.7. The first-order valence-electron chi connectivity index (χ1n) is 10.6. The lowest BCUT2D eigenvalue weighted by atomic mass is 10.1. The number of rotatable bonds is 9. The van der Waals surface area contributed by atoms with Gasteiger partial charge in [0, 0.05) is 22.8 Å². The van der Waals surface area contributed by atoms with Crippen LogP contribution in [0.1, 0.15) is 43.7 Å². The zero-order chi connectivity index (χ0) is 22.2. The van der Waals surface area contributed by atoms with Crippen molar-refractivity contribution in [2.75, 3.05) is 5.75 Å². The molecule has 0 unspecified atom stereocenters. The lowest BCUT2D eigenvalue weighted by Gasteiger charge is -2.29. The Morgan fingerprint density at radius 3 is 2.65 bits per heavy atom. The van der Waals surface area contributed by atoms with Crippen LogP contribution in [-0.2, 0) is 21.9 Å². The van der Waals surface area contributed by atoms with Crippen LogP contribution in [0.15, 0.2) is 53.0 Å². The predicted octanol–water partition coefficient (Wildman–Crippen LogP) is 5.30. The molecule has 1 fully saturated rings. The molecule has 0 aliphatic heterocycles. The maximum absolute atomic E-state index is 13.9. The van der Waals surface area contributed by atoms with E-state index < -0.39 is 6.04 Å². The van der Waals surface area contributed by atoms with Gasteiger partial charge in [0.2, 0.25) is 11.8 Å². The third kappa shape index (κ3) is 7.07. The second kappa shape index (κ2) is 11.7. The van der Waals surface area contributed by atoms with Gasteiger partial charge in [-0.1, -0.05) is 59.1 Å². The fourth-order valence-corrected chi connectivity index (χ4v) is 5.10. The predicted molar refractivity (Wildman–Crippen MR) is 127 cm³/mol. The molecule has 0 aromatic heterocycles. The van der Waals surface area contributed by atoms with Crippen molar-refractivity contribution < 1.29 is 14.0 Å². The number of carbonyl (C=O) groups is 2. The van der Waals surface area contributed by atoms with E-state index in [4.69, 9.17) is 0 Å². The Labute approximate surface area is 196 Å². The van der Waals surface area contributed by atoms with Gasteiger partial charge in [-0.25, -0.2) is 4.39 Å². The summed E-state index contributed by atoms with van der Waals surface area (Å²) in [4.78, 5) is 27.6. The van der Waals surface area contributed by atoms with Gasteiger partial charge in [-0.3, -0.25) is 9.59 Å². The van der Waals surface area contributed by atoms with Gasteiger partial charge in [-0.15, -0.1) is 11.8 Å². The number of hydrogen-bond acceptors (Lipinski definition) is 3. The van der Waals surface area contributed by atoms with Crippen molar-refractivity contribution in [2.24, 2.45) is 0 Å². The highest BCUT2D eigenvalue weighted by Gasteiger charge is 2.28. The molecular weight excluding hydrogens is 479 g/mol. The molecule has 0 spiro atoms. The van der Waals surface area contributed by atoms with Crippen molar-refractivity contribution in [2.45, 2.75) is 57.0 Å². The molecule has 31 heavy (non-hydrogen) atoms. The number of hydrogen-bond donors (Lipinski definition) is 1. The number of halogens is 2. The van der Waals surface area contributed by atoms with E-state index in [9.17, 15) is 14.0 Å². The molecule has 0 heterocycles. The van der Waals surface area contributed by atoms with E-state index in [2.05, 4.69) is 21.2 Å². The Bertz CT molecular complexity index is 905. The fourth-order valence-electron chi connectivity index (χ4n) is 3.75. The highest BCUT2D eigenvalue weighted by atomic mass is 79.9. The average Bonchev–Trinajstić information content (AvgIpc) is 3.26. The summed E-state index contributed by atoms with van der Waals surface area (Å²) in [6.45, 7) is 2.12. The molecule has 0 saturated heterocycles. The molecule has 166 valence electrons. The SMILES string of the molecule is C[C@H](C(=O)NC1CCCC1)N(Cc1cccc(Br)c1)C(=O)CSCc1ccccc1F. The third-order valence-electron chi connectivity index (χ3n) is 5.55. The van der Waals surface area contributed by atoms with E-state index in [1.54, 1.807) is 30.0 Å². The molecule has 1 aliphatic rings. The summed E-state index contributed by atoms with van der Waals surface area (Å²) in [7, 11) is 0. The van der Waals surface area contributed by atoms with Crippen molar-refractivity contribution >= 4 is 39.5 Å². The van der Waals surface area contributed by atoms with Crippen LogP contribution in [0.5, 0.6) is 0 Å². The maximum atomic E-state index is 13.9. The first-order chi connectivity index (χ1) is 14.9. The number of thioether (sulfide) groups is 1. The number of nitrogens with one attached hydrogen (secondary N) is 1. The molecule has 3 rings (SSSR count). The van der Waals surface area contributed by atoms with Gasteiger partial charge in [0.1, 0.15) is 11.9 Å². The monoisotopic (exact) mass is 506 g/mol. The average molecular weight is 507 g/mol. The van der Waals surface area contributed by atoms with Gasteiger partial charge in [0.05, 0.1) is 5.75 Å². The minimum absolute atomic E-state index is 0.116. The quantitative estimate of drug-likeness (QED) is 0.502. The smallest absolute Gasteiger partial charge is 0.242 e. The lowest BCUT2D eigenvalue weighted by molar-refractivity contribution is -0.138. The first kappa shape index (κ1) is 23.8. The molecule has 1 N–H and O–H groups in total. The standard InChI is InChI=1S/C24H28BrFN2O2S/c1-17(24(30)27-21-10-3-4-11-21)28(14-18-7-6-9-20(25)13-18)23(29)16-31-15-19-8-2-5-12-22(19)26/h2,5-9,12-13,17,21H,3-4,10-11,14-16H2,1H3,(H,27,30)/t17-/m1/s1. The minimum Gasteiger partial charge on any atom is -0.352 e. The molecule has 1 aliphatic carbocycles. The van der Waals surface area contributed by atoms with Crippen molar-refractivity contribution in [1.82, 2.24) is 10.2 Å². The van der Waals surface area contributed by atoms with E-state index >= 15 is 0 Å². The summed E-state index contributed by atoms with van der Waals surface area (Å²) in [6.07, 6.45) is 4.26. The molecule has 2 amide bonds. The van der Waals surface area contributed by atoms with Gasteiger partial charge in [0.25, 0.3) is 0 Å². The highest BCUT2D eigenvalue weighted by molar-refractivity contribution is 9.10. The van der Waals surface area contributed by atoms with Crippen molar-refractivity contribution in [1.29, 1.82) is 0 Å². The topological polar surface area (TPSA) is 49.4 Å². The van der Waals surface area contributed by atoms with Crippen LogP contribution in [-0.4, -0.2) is 34.6 Å². The third-order valence-corrected chi connectivity index (χ3v) is 7.01. The Morgan fingerprint density at radius 2 is 1.94 bits per heavy atom. The summed E-state index contributed by atoms with van der Waals surface area (Å²) in [6, 6.07) is 13.9. The number of nitrogens with zero attached hydrogens (tertiary/aromatic N) is 1. The number of carbonyl (C=O) groups excluding carboxylic acids is 2. The second-order valence-electron chi connectivity index (χ2n) is 7.90. The normalized spacial score (nSPS) is 14.9. The molecule has 1 saturated carbocycles. The zero-order valence-corrected chi connectivity index (χ0v) is 20.1. The van der Waals surface area contributed by atoms with E-state index in [-0.39, 0.29) is 29.4 Å². The molecule has 0 bridgehead atoms. The lowest BCUT2D eigenvalue weighted by Crippen LogP contribution is -2.50. The van der Waals surface area contributed by atoms with E-state index in [1.165, 1.54) is 17.8 Å². The Balaban J connectivity index is 1.66. The van der Waals surface area contributed by atoms with Crippen molar-refractivity contribution in [3.63, 3.8) is 0 Å². The van der Waals surface area contributed by atoms with Gasteiger partial charge in [0.15, 0.2) is 0 Å². The van der Waals surface area contributed by atoms with Crippen molar-refractivity contribution in [3.05, 3.63) is 69.9 Å². The summed E-state index contributed by atoms with van der Waals surface area (Å²) in [5.41, 5.74) is 1.52. The number of benzene rings is 2. The first-order valence-corrected chi connectivity index (χ1v) is 12.5. The van der Waals surface area contributed by atoms with Gasteiger partial charge >= 0.3 is 0 Å². The molecule has 2 aromatic rings. The summed E-state index contributed by atoms with van der Waals surface area (Å²) in [5, 5.41) is 3.10. The van der Waals surface area contributed by atoms with Gasteiger partial charge in [-0.05, 0) is 49.1 Å². The van der Waals surface area contributed by atoms with Gasteiger partial charge < -0.3 is 10.2 Å². The summed E-state index contributed by atoms with van der Waals surface area (Å²) >= 11 is 4.83. The Kier molecular flexibility index (Phi) is 8.96. The van der Waals surface area contributed by atoms with Crippen LogP contribution in [0.4, 0.5) is 4.39 Å². The largest absolute Gasteiger partial charge is 0.352 e. The maximum Gasteiger partial charge on any atom is 0.242 e. The van der Waals surface area contributed by atoms with E-state index in [0.717, 1.165) is 35.7 Å². The highest BCUT2D eigenvalue weighted by Crippen LogP contribution is 2.21. The van der Waals surface area contributed by atoms with Gasteiger partial charge in [-0.2, -0.15) is 0 Å². The van der Waals surface area contributed by atoms with Crippen LogP contribution in [0.3, 0.4) is 0 Å². The van der Waals surface area contributed by atoms with Crippen molar-refractivity contribution in [3.8, 4) is 0 Å². The fraction of sp³-hybridized carbons (Fsp3) is 0.417. The molecular formula is C24H28BrFN2O2S. The molecule has 4 nitrogen and oxygen atoms in total. The van der Waals surface area contributed by atoms with Crippen LogP contribution >= 0.6 is 27.7 Å². The molecule has 1 atom stereocenters. The van der Waals surface area contributed by atoms with E-state index in [0.29, 0.717) is 17.9 Å². The van der Waals surface area contributed by atoms with Crippen LogP contribution < -0.4 is 5.32 Å². The second-order valence-corrected chi connectivity index (χ2v) is 9.80. The minimum atomic E-state index is -0.582. The van der Waals surface area contributed by atoms with Crippen LogP contribution in [0.2, 0.25) is 0 Å². The molecule has 7 heteroatoms. The van der Waals surface area contributed by atoms with Crippen LogP contribution in [0.25, 0.3) is 0 Å². The molecule has 0 radical (unpaired) electrons. The summed E-state index contributed by atoms with van der Waals surface area (Å²) < 4.78 is 14.8.